The van der Waals surface area contributed by atoms with Gasteiger partial charge in [0.05, 0.1) is 100 Å². The van der Waals surface area contributed by atoms with E-state index in [2.05, 4.69) is 180 Å². The Morgan fingerprint density at radius 3 is 1.79 bits per heavy atom. The van der Waals surface area contributed by atoms with Gasteiger partial charge in [-0.25, -0.2) is 24.9 Å². The fourth-order valence-corrected chi connectivity index (χ4v) is 18.2. The number of carbonyl (C=O) groups excluding carboxylic acids is 4. The molecule has 10 aliphatic rings. The van der Waals surface area contributed by atoms with E-state index in [1.165, 1.54) is 16.0 Å². The number of rotatable bonds is 23. The lowest BCUT2D eigenvalue weighted by atomic mass is 9.84. The van der Waals surface area contributed by atoms with E-state index in [0.717, 1.165) is 199 Å². The topological polar surface area (TPSA) is 241 Å². The summed E-state index contributed by atoms with van der Waals surface area (Å²) in [6.45, 7) is 33.7. The van der Waals surface area contributed by atoms with Crippen LogP contribution in [0.5, 0.6) is 0 Å². The van der Waals surface area contributed by atoms with Crippen molar-refractivity contribution >= 4 is 74.1 Å². The van der Waals surface area contributed by atoms with Crippen LogP contribution in [0.15, 0.2) is 222 Å². The lowest BCUT2D eigenvalue weighted by Gasteiger charge is -2.27. The number of aliphatic hydroxyl groups is 1. The molecular weight excluding hydrogens is 1540 g/mol. The average Bonchev–Trinajstić information content (AvgIpc) is 1.57. The minimum atomic E-state index is -0.338. The summed E-state index contributed by atoms with van der Waals surface area (Å²) in [6, 6.07) is 38.8. The Balaban J connectivity index is 0.000000211. The smallest absolute Gasteiger partial charge is 0.264 e. The second kappa shape index (κ2) is 38.4. The highest BCUT2D eigenvalue weighted by Crippen LogP contribution is 2.49. The molecule has 9 aliphatic heterocycles. The van der Waals surface area contributed by atoms with Gasteiger partial charge in [0, 0.05) is 124 Å². The van der Waals surface area contributed by atoms with Gasteiger partial charge >= 0.3 is 0 Å². The maximum atomic E-state index is 14.9. The highest BCUT2D eigenvalue weighted by atomic mass is 16.5. The van der Waals surface area contributed by atoms with Crippen molar-refractivity contribution in [1.82, 2.24) is 40.8 Å². The Hall–Kier alpha value is -12.6. The molecule has 4 atom stereocenters. The number of unbranched alkanes of at least 4 members (excludes halogenated alkanes) is 1. The van der Waals surface area contributed by atoms with Crippen LogP contribution in [0.3, 0.4) is 0 Å². The molecule has 11 heterocycles. The van der Waals surface area contributed by atoms with E-state index >= 15 is 0 Å². The van der Waals surface area contributed by atoms with E-state index in [1.54, 1.807) is 0 Å². The van der Waals surface area contributed by atoms with Crippen LogP contribution < -0.4 is 16.0 Å². The number of hydrogen-bond acceptors (Lipinski definition) is 13. The molecule has 124 heavy (non-hydrogen) atoms. The Bertz CT molecular complexity index is 6200. The number of imide groups is 1. The number of nitrogens with zero attached hydrogens (tertiary/aromatic N) is 6. The zero-order valence-electron chi connectivity index (χ0n) is 72.9. The molecule has 18 heteroatoms. The van der Waals surface area contributed by atoms with Gasteiger partial charge in [-0.2, -0.15) is 0 Å². The van der Waals surface area contributed by atoms with Crippen molar-refractivity contribution < 1.29 is 33.8 Å². The Morgan fingerprint density at radius 1 is 0.565 bits per heavy atom. The van der Waals surface area contributed by atoms with Crippen molar-refractivity contribution in [2.75, 3.05) is 19.8 Å². The molecule has 0 saturated carbocycles. The molecular formula is C106H117N11O7. The number of aryl methyl sites for hydroxylation is 3. The minimum absolute atomic E-state index is 0. The fourth-order valence-electron chi connectivity index (χ4n) is 18.2. The monoisotopic (exact) mass is 1660 g/mol. The molecule has 0 spiro atoms. The van der Waals surface area contributed by atoms with Gasteiger partial charge in [0.15, 0.2) is 0 Å². The van der Waals surface area contributed by atoms with Crippen molar-refractivity contribution in [3.05, 3.63) is 302 Å². The van der Waals surface area contributed by atoms with Crippen LogP contribution in [0.2, 0.25) is 0 Å². The number of benzene rings is 4. The number of H-pyrrole nitrogens is 2. The van der Waals surface area contributed by atoms with E-state index in [9.17, 15) is 24.3 Å². The number of aromatic amines is 2. The summed E-state index contributed by atoms with van der Waals surface area (Å²) >= 11 is 0. The number of ether oxygens (including phenoxy) is 2. The minimum Gasteiger partial charge on any atom is -0.511 e. The van der Waals surface area contributed by atoms with Gasteiger partial charge < -0.3 is 40.5 Å². The number of amides is 4. The predicted molar refractivity (Wildman–Crippen MR) is 501 cm³/mol. The highest BCUT2D eigenvalue weighted by Gasteiger charge is 2.44. The first-order valence-corrected chi connectivity index (χ1v) is 43.1. The molecule has 1 aliphatic carbocycles. The maximum absolute atomic E-state index is 14.9. The lowest BCUT2D eigenvalue weighted by Crippen LogP contribution is -2.41. The van der Waals surface area contributed by atoms with Crippen LogP contribution in [0, 0.1) is 56.3 Å². The lowest BCUT2D eigenvalue weighted by molar-refractivity contribution is -0.122. The van der Waals surface area contributed by atoms with E-state index in [-0.39, 0.29) is 68.6 Å². The molecule has 4 amide bonds. The zero-order chi connectivity index (χ0) is 85.9. The molecule has 2 aromatic heterocycles. The SMILES string of the molecule is C.C.CC#Cc1cccc(COCC2=C(C)C3=NC2=CC2=NC(=CC4=C(C)C5=C(O)CC(=C6NC(=C3)C(C)[C@@H]6CCC(=O)NCc3cccc(C)c3)C5=N4)C(CC)=C2C)c1.CC#Cc1cccc(COCC2=C(C)c3cc4[nH]c(c5c6[nH]c(cc7nc(cc2n3)C(C)=C7CC)c(C)c6C(=O)N(CCCC)C5=O)[C@@H](CCC(=O)NCc2ccc(C)cc2)C4C)c1. The molecule has 1 saturated heterocycles. The van der Waals surface area contributed by atoms with Crippen LogP contribution in [0.25, 0.3) is 33.3 Å². The van der Waals surface area contributed by atoms with Gasteiger partial charge in [-0.05, 0) is 229 Å². The molecule has 1 fully saturated rings. The third-order valence-electron chi connectivity index (χ3n) is 25.3. The third-order valence-corrected chi connectivity index (χ3v) is 25.3. The van der Waals surface area contributed by atoms with Crippen molar-refractivity contribution in [3.63, 3.8) is 0 Å². The zero-order valence-corrected chi connectivity index (χ0v) is 72.9. The molecule has 0 radical (unpaired) electrons. The van der Waals surface area contributed by atoms with E-state index in [0.29, 0.717) is 106 Å². The van der Waals surface area contributed by atoms with Crippen molar-refractivity contribution in [2.45, 2.75) is 215 Å². The fraction of sp³-hybridized carbons (Fsp3) is 0.349. The van der Waals surface area contributed by atoms with Gasteiger partial charge in [-0.3, -0.25) is 24.1 Å². The summed E-state index contributed by atoms with van der Waals surface area (Å²) in [5.41, 5.74) is 34.5. The Kier molecular flexibility index (Phi) is 27.6. The third kappa shape index (κ3) is 18.2. The van der Waals surface area contributed by atoms with E-state index in [4.69, 9.17) is 34.4 Å². The summed E-state index contributed by atoms with van der Waals surface area (Å²) in [4.78, 5) is 91.1. The quantitative estimate of drug-likeness (QED) is 0.0262. The first-order valence-electron chi connectivity index (χ1n) is 43.1. The number of aromatic nitrogens is 4. The van der Waals surface area contributed by atoms with Crippen LogP contribution in [0.1, 0.15) is 273 Å². The largest absolute Gasteiger partial charge is 0.511 e. The second-order valence-corrected chi connectivity index (χ2v) is 33.4. The maximum Gasteiger partial charge on any atom is 0.264 e. The number of carbonyl (C=O) groups is 4. The number of hydrogen-bond donors (Lipinski definition) is 6. The van der Waals surface area contributed by atoms with Gasteiger partial charge in [-0.1, -0.05) is 152 Å². The summed E-state index contributed by atoms with van der Waals surface area (Å²) in [6.07, 6.45) is 11.5. The number of nitrogens with one attached hydrogen (secondary N) is 5. The first kappa shape index (κ1) is 89.2. The molecule has 6 aromatic rings. The van der Waals surface area contributed by atoms with Crippen LogP contribution in [-0.4, -0.2) is 90.5 Å². The summed E-state index contributed by atoms with van der Waals surface area (Å²) < 4.78 is 12.8. The van der Waals surface area contributed by atoms with E-state index in [1.807, 2.05) is 107 Å². The van der Waals surface area contributed by atoms with Crippen LogP contribution >= 0.6 is 0 Å². The highest BCUT2D eigenvalue weighted by molar-refractivity contribution is 6.24. The molecule has 2 unspecified atom stereocenters. The van der Waals surface area contributed by atoms with Crippen molar-refractivity contribution in [1.29, 1.82) is 0 Å². The average molecular weight is 1660 g/mol. The predicted octanol–water partition coefficient (Wildman–Crippen LogP) is 21.8. The molecule has 16 bridgehead atoms. The Morgan fingerprint density at radius 2 is 1.15 bits per heavy atom. The van der Waals surface area contributed by atoms with Gasteiger partial charge in [-0.15, -0.1) is 11.8 Å². The normalized spacial score (nSPS) is 18.1. The Labute approximate surface area is 731 Å². The standard InChI is InChI=1S/C54H58N6O4.C50H51N5O3.2CH4/c1-9-12-23-60-53(62)49-35(8)45-27-46-39(11-3)32(5)43(56-46)26-47-41(30-64-29-38-16-13-15-36(24-38)14-10-2)34(7)42(57-47)25-44-33(6)40(51(58-44)50(54(60)63)52(49)59-45)21-22-48(61)55-28-37-19-17-31(4)18-20-37;1-8-12-33-14-11-16-35(20-33)26-58-27-39-31(6)40-22-42-30(5)37(17-18-47(57)51-25-34-15-10-13-28(3)19-34)49(54-42)38-21-46(56)48-32(7)43(55-50(38)48)24-44-36(9-2)29(4)41(52-44)23-45(39)53-40;;/h13,15-20,24-27,33,40,58-59H,9,11-12,21-23,28-30H2,1-8H3,(H,55,61);10-11,13-16,19-20,22-24,30,37,54,56H,9,17-18,21,25-27H2,1-7H3,(H,51,57);2*1H4/t33?,40-;30?,37-;;/m00../s1. The van der Waals surface area contributed by atoms with Gasteiger partial charge in [0.1, 0.15) is 5.76 Å². The second-order valence-electron chi connectivity index (χ2n) is 33.4. The number of aliphatic imine (C=N–C) groups is 3. The summed E-state index contributed by atoms with van der Waals surface area (Å²) in [5, 5.41) is 21.6. The number of fused-ring (bicyclic) bond motifs is 13. The van der Waals surface area contributed by atoms with E-state index < -0.39 is 0 Å². The summed E-state index contributed by atoms with van der Waals surface area (Å²) in [7, 11) is 0. The molecule has 16 rings (SSSR count). The summed E-state index contributed by atoms with van der Waals surface area (Å²) in [5.74, 6) is 11.5. The van der Waals surface area contributed by atoms with Gasteiger partial charge in [0.25, 0.3) is 11.8 Å². The van der Waals surface area contributed by atoms with Crippen LogP contribution in [0.4, 0.5) is 0 Å². The van der Waals surface area contributed by atoms with Crippen molar-refractivity contribution in [3.8, 4) is 23.7 Å². The molecule has 6 N–H and O–H groups in total. The van der Waals surface area contributed by atoms with Crippen molar-refractivity contribution in [2.24, 2.45) is 26.8 Å². The number of allylic oxidation sites excluding steroid dienone is 14. The molecule has 18 nitrogen and oxygen atoms in total. The first-order chi connectivity index (χ1) is 58.9. The molecule has 4 aromatic carbocycles. The van der Waals surface area contributed by atoms with Gasteiger partial charge in [0.2, 0.25) is 11.8 Å². The molecule has 638 valence electrons. The van der Waals surface area contributed by atoms with Crippen LogP contribution in [-0.2, 0) is 45.4 Å². The number of aliphatic hydroxyl groups excluding tert-OH is 1.